The summed E-state index contributed by atoms with van der Waals surface area (Å²) in [5.41, 5.74) is 5.92. The summed E-state index contributed by atoms with van der Waals surface area (Å²) in [6, 6.07) is 5.12. The van der Waals surface area contributed by atoms with Crippen molar-refractivity contribution in [2.24, 2.45) is 0 Å². The van der Waals surface area contributed by atoms with E-state index in [1.807, 2.05) is 6.92 Å². The molecule has 0 aliphatic heterocycles. The number of rotatable bonds is 2. The summed E-state index contributed by atoms with van der Waals surface area (Å²) in [7, 11) is 0. The molecular weight excluding hydrogens is 242 g/mol. The van der Waals surface area contributed by atoms with E-state index in [0.717, 1.165) is 5.56 Å². The molecule has 0 fully saturated rings. The second-order valence-electron chi connectivity index (χ2n) is 3.46. The molecule has 0 aliphatic rings. The number of nitrogens with one attached hydrogen (secondary N) is 1. The summed E-state index contributed by atoms with van der Waals surface area (Å²) in [5.74, 6) is 0.604. The Morgan fingerprint density at radius 3 is 2.94 bits per heavy atom. The molecule has 1 aromatic carbocycles. The number of nitrogens with two attached hydrogens (primary N) is 1. The molecule has 0 radical (unpaired) electrons. The number of ether oxygens (including phenoxy) is 1. The highest BCUT2D eigenvalue weighted by Crippen LogP contribution is 2.26. The van der Waals surface area contributed by atoms with Crippen molar-refractivity contribution >= 4 is 17.3 Å². The molecule has 5 nitrogen and oxygen atoms in total. The predicted octanol–water partition coefficient (Wildman–Crippen LogP) is 2.11. The number of anilines is 1. The smallest absolute Gasteiger partial charge is 0.277 e. The third kappa shape index (κ3) is 2.39. The van der Waals surface area contributed by atoms with Crippen LogP contribution in [0.5, 0.6) is 11.6 Å². The van der Waals surface area contributed by atoms with Crippen LogP contribution >= 0.6 is 11.6 Å². The standard InChI is InChI=1S/C11H10ClN3O2/c1-6-4-7(2-3-8(6)12)17-11-9(13)10(16)14-5-15-11/h2-5H,13H2,1H3,(H,14,15,16). The van der Waals surface area contributed by atoms with E-state index in [9.17, 15) is 4.79 Å². The molecule has 0 atom stereocenters. The van der Waals surface area contributed by atoms with E-state index in [2.05, 4.69) is 9.97 Å². The molecule has 0 spiro atoms. The van der Waals surface area contributed by atoms with Crippen molar-refractivity contribution < 1.29 is 4.74 Å². The molecule has 2 aromatic rings. The first-order chi connectivity index (χ1) is 8.08. The minimum absolute atomic E-state index is 0.0555. The molecule has 0 saturated carbocycles. The van der Waals surface area contributed by atoms with Crippen LogP contribution in [0, 0.1) is 6.92 Å². The normalized spacial score (nSPS) is 10.2. The summed E-state index contributed by atoms with van der Waals surface area (Å²) in [6.45, 7) is 1.85. The zero-order valence-corrected chi connectivity index (χ0v) is 9.78. The number of aryl methyl sites for hydroxylation is 1. The van der Waals surface area contributed by atoms with Crippen molar-refractivity contribution in [1.82, 2.24) is 9.97 Å². The number of benzene rings is 1. The molecule has 2 rings (SSSR count). The van der Waals surface area contributed by atoms with Gasteiger partial charge in [-0.2, -0.15) is 0 Å². The lowest BCUT2D eigenvalue weighted by atomic mass is 10.2. The fraction of sp³-hybridized carbons (Fsp3) is 0.0909. The molecule has 6 heteroatoms. The Bertz CT molecular complexity index is 610. The number of nitrogen functional groups attached to an aromatic ring is 1. The number of hydrogen-bond donors (Lipinski definition) is 2. The van der Waals surface area contributed by atoms with E-state index < -0.39 is 5.56 Å². The highest BCUT2D eigenvalue weighted by atomic mass is 35.5. The Morgan fingerprint density at radius 1 is 1.47 bits per heavy atom. The van der Waals surface area contributed by atoms with E-state index in [0.29, 0.717) is 10.8 Å². The van der Waals surface area contributed by atoms with Gasteiger partial charge in [-0.25, -0.2) is 4.98 Å². The highest BCUT2D eigenvalue weighted by molar-refractivity contribution is 6.31. The first-order valence-electron chi connectivity index (χ1n) is 4.85. The summed E-state index contributed by atoms with van der Waals surface area (Å²) < 4.78 is 5.41. The molecule has 0 aliphatic carbocycles. The Balaban J connectivity index is 2.35. The average molecular weight is 252 g/mol. The lowest BCUT2D eigenvalue weighted by Gasteiger charge is -2.07. The number of halogens is 1. The number of hydrogen-bond acceptors (Lipinski definition) is 4. The monoisotopic (exact) mass is 251 g/mol. The van der Waals surface area contributed by atoms with Crippen molar-refractivity contribution in [2.45, 2.75) is 6.92 Å². The average Bonchev–Trinajstić information content (AvgIpc) is 2.30. The minimum atomic E-state index is -0.430. The van der Waals surface area contributed by atoms with Gasteiger partial charge in [-0.3, -0.25) is 4.79 Å². The minimum Gasteiger partial charge on any atom is -0.437 e. The van der Waals surface area contributed by atoms with E-state index in [1.165, 1.54) is 6.33 Å². The van der Waals surface area contributed by atoms with Crippen molar-refractivity contribution in [2.75, 3.05) is 5.73 Å². The quantitative estimate of drug-likeness (QED) is 0.857. The van der Waals surface area contributed by atoms with Crippen LogP contribution in [0.1, 0.15) is 5.56 Å². The molecule has 1 aromatic heterocycles. The van der Waals surface area contributed by atoms with Crippen LogP contribution in [0.25, 0.3) is 0 Å². The lowest BCUT2D eigenvalue weighted by Crippen LogP contribution is -2.13. The lowest BCUT2D eigenvalue weighted by molar-refractivity contribution is 0.463. The second-order valence-corrected chi connectivity index (χ2v) is 3.87. The van der Waals surface area contributed by atoms with Crippen LogP contribution < -0.4 is 16.0 Å². The topological polar surface area (TPSA) is 81.0 Å². The maximum absolute atomic E-state index is 11.2. The summed E-state index contributed by atoms with van der Waals surface area (Å²) in [4.78, 5) is 17.4. The van der Waals surface area contributed by atoms with Crippen molar-refractivity contribution in [1.29, 1.82) is 0 Å². The van der Waals surface area contributed by atoms with E-state index >= 15 is 0 Å². The van der Waals surface area contributed by atoms with Gasteiger partial charge in [0.15, 0.2) is 5.69 Å². The van der Waals surface area contributed by atoms with Crippen LogP contribution in [-0.4, -0.2) is 9.97 Å². The van der Waals surface area contributed by atoms with Gasteiger partial charge in [-0.05, 0) is 30.7 Å². The summed E-state index contributed by atoms with van der Waals surface area (Å²) in [6.07, 6.45) is 1.23. The molecule has 3 N–H and O–H groups in total. The zero-order valence-electron chi connectivity index (χ0n) is 9.03. The first kappa shape index (κ1) is 11.5. The van der Waals surface area contributed by atoms with Crippen LogP contribution in [0.2, 0.25) is 5.02 Å². The van der Waals surface area contributed by atoms with Crippen LogP contribution in [-0.2, 0) is 0 Å². The van der Waals surface area contributed by atoms with E-state index in [4.69, 9.17) is 22.1 Å². The van der Waals surface area contributed by atoms with Gasteiger partial charge in [0.2, 0.25) is 5.88 Å². The van der Waals surface area contributed by atoms with Gasteiger partial charge < -0.3 is 15.5 Å². The molecule has 1 heterocycles. The predicted molar refractivity (Wildman–Crippen MR) is 65.5 cm³/mol. The summed E-state index contributed by atoms with van der Waals surface area (Å²) in [5, 5.41) is 0.643. The van der Waals surface area contributed by atoms with Crippen LogP contribution in [0.15, 0.2) is 29.3 Å². The van der Waals surface area contributed by atoms with Crippen molar-refractivity contribution in [3.05, 3.63) is 45.5 Å². The van der Waals surface area contributed by atoms with Gasteiger partial charge >= 0.3 is 0 Å². The van der Waals surface area contributed by atoms with Gasteiger partial charge in [0, 0.05) is 5.02 Å². The van der Waals surface area contributed by atoms with Gasteiger partial charge in [0.25, 0.3) is 5.56 Å². The molecule has 0 amide bonds. The Kier molecular flexibility index (Phi) is 3.01. The van der Waals surface area contributed by atoms with Crippen LogP contribution in [0.4, 0.5) is 5.69 Å². The second kappa shape index (κ2) is 4.47. The summed E-state index contributed by atoms with van der Waals surface area (Å²) >= 11 is 5.89. The maximum Gasteiger partial charge on any atom is 0.277 e. The zero-order chi connectivity index (χ0) is 12.4. The SMILES string of the molecule is Cc1cc(Oc2nc[nH]c(=O)c2N)ccc1Cl. The van der Waals surface area contributed by atoms with E-state index in [-0.39, 0.29) is 11.6 Å². The Labute approximate surface area is 102 Å². The van der Waals surface area contributed by atoms with Gasteiger partial charge in [0.05, 0.1) is 6.33 Å². The van der Waals surface area contributed by atoms with Gasteiger partial charge in [-0.15, -0.1) is 0 Å². The van der Waals surface area contributed by atoms with Crippen molar-refractivity contribution in [3.8, 4) is 11.6 Å². The fourth-order valence-corrected chi connectivity index (χ4v) is 1.39. The highest BCUT2D eigenvalue weighted by Gasteiger charge is 2.07. The molecule has 0 saturated heterocycles. The Morgan fingerprint density at radius 2 is 2.24 bits per heavy atom. The van der Waals surface area contributed by atoms with E-state index in [1.54, 1.807) is 18.2 Å². The van der Waals surface area contributed by atoms with Crippen molar-refractivity contribution in [3.63, 3.8) is 0 Å². The number of H-pyrrole nitrogens is 1. The van der Waals surface area contributed by atoms with Gasteiger partial charge in [0.1, 0.15) is 5.75 Å². The number of aromatic amines is 1. The third-order valence-corrected chi connectivity index (χ3v) is 2.62. The molecule has 88 valence electrons. The maximum atomic E-state index is 11.2. The fourth-order valence-electron chi connectivity index (χ4n) is 1.27. The molecule has 17 heavy (non-hydrogen) atoms. The molecule has 0 bridgehead atoms. The third-order valence-electron chi connectivity index (χ3n) is 2.20. The molecular formula is C11H10ClN3O2. The van der Waals surface area contributed by atoms with Crippen LogP contribution in [0.3, 0.4) is 0 Å². The largest absolute Gasteiger partial charge is 0.437 e. The van der Waals surface area contributed by atoms with Gasteiger partial charge in [-0.1, -0.05) is 11.6 Å². The number of nitrogens with zero attached hydrogens (tertiary/aromatic N) is 1. The first-order valence-corrected chi connectivity index (χ1v) is 5.23. The number of aromatic nitrogens is 2. The molecule has 0 unspecified atom stereocenters. The Hall–Kier alpha value is -2.01.